The normalized spacial score (nSPS) is 20.5. The lowest BCUT2D eigenvalue weighted by Crippen LogP contribution is -2.34. The van der Waals surface area contributed by atoms with Crippen molar-refractivity contribution in [3.8, 4) is 6.07 Å². The smallest absolute Gasteiger partial charge is 0.123 e. The first kappa shape index (κ1) is 12.0. The van der Waals surface area contributed by atoms with Gasteiger partial charge in [0.05, 0.1) is 17.6 Å². The van der Waals surface area contributed by atoms with Gasteiger partial charge in [0.25, 0.3) is 0 Å². The van der Waals surface area contributed by atoms with E-state index in [0.717, 1.165) is 0 Å². The highest BCUT2D eigenvalue weighted by Gasteiger charge is 2.40. The summed E-state index contributed by atoms with van der Waals surface area (Å²) in [7, 11) is 0. The third kappa shape index (κ3) is 2.31. The molecule has 90 valence electrons. The quantitative estimate of drug-likeness (QED) is 0.854. The maximum atomic E-state index is 13.1. The van der Waals surface area contributed by atoms with Crippen LogP contribution in [-0.2, 0) is 4.74 Å². The minimum atomic E-state index is -0.966. The van der Waals surface area contributed by atoms with E-state index in [1.165, 1.54) is 18.2 Å². The van der Waals surface area contributed by atoms with Crippen molar-refractivity contribution in [2.75, 3.05) is 13.2 Å². The Morgan fingerprint density at radius 3 is 2.71 bits per heavy atom. The molecule has 1 aromatic carbocycles. The summed E-state index contributed by atoms with van der Waals surface area (Å²) < 4.78 is 18.3. The Morgan fingerprint density at radius 1 is 1.41 bits per heavy atom. The number of nitriles is 1. The fraction of sp³-hybridized carbons (Fsp3) is 0.462. The third-order valence-corrected chi connectivity index (χ3v) is 3.30. The van der Waals surface area contributed by atoms with Gasteiger partial charge in [-0.3, -0.25) is 0 Å². The molecule has 17 heavy (non-hydrogen) atoms. The molecular weight excluding hydrogens is 221 g/mol. The van der Waals surface area contributed by atoms with Gasteiger partial charge in [0.2, 0.25) is 0 Å². The SMILES string of the molecule is N#CC1(C(O)c2cccc(F)c2)CCOCC1. The Hall–Kier alpha value is -1.44. The van der Waals surface area contributed by atoms with Gasteiger partial charge in [-0.2, -0.15) is 5.26 Å². The molecule has 1 aromatic rings. The van der Waals surface area contributed by atoms with E-state index < -0.39 is 17.3 Å². The highest BCUT2D eigenvalue weighted by atomic mass is 19.1. The zero-order valence-electron chi connectivity index (χ0n) is 9.40. The summed E-state index contributed by atoms with van der Waals surface area (Å²) >= 11 is 0. The van der Waals surface area contributed by atoms with Crippen LogP contribution in [0.2, 0.25) is 0 Å². The second-order valence-electron chi connectivity index (χ2n) is 4.34. The monoisotopic (exact) mass is 235 g/mol. The van der Waals surface area contributed by atoms with E-state index in [0.29, 0.717) is 31.6 Å². The third-order valence-electron chi connectivity index (χ3n) is 3.30. The zero-order valence-corrected chi connectivity index (χ0v) is 9.40. The lowest BCUT2D eigenvalue weighted by molar-refractivity contribution is -0.0311. The van der Waals surface area contributed by atoms with Crippen LogP contribution in [0, 0.1) is 22.6 Å². The number of hydrogen-bond acceptors (Lipinski definition) is 3. The summed E-state index contributed by atoms with van der Waals surface area (Å²) in [5, 5.41) is 19.6. The molecule has 1 heterocycles. The molecule has 0 saturated carbocycles. The van der Waals surface area contributed by atoms with Gasteiger partial charge in [0.1, 0.15) is 5.82 Å². The molecule has 0 amide bonds. The average Bonchev–Trinajstić information content (AvgIpc) is 2.38. The van der Waals surface area contributed by atoms with Gasteiger partial charge in [0.15, 0.2) is 0 Å². The van der Waals surface area contributed by atoms with E-state index in [-0.39, 0.29) is 0 Å². The van der Waals surface area contributed by atoms with E-state index >= 15 is 0 Å². The fourth-order valence-electron chi connectivity index (χ4n) is 2.18. The Bertz CT molecular complexity index is 435. The summed E-state index contributed by atoms with van der Waals surface area (Å²) in [6, 6.07) is 7.96. The predicted molar refractivity (Wildman–Crippen MR) is 59.5 cm³/mol. The summed E-state index contributed by atoms with van der Waals surface area (Å²) in [4.78, 5) is 0. The Kier molecular flexibility index (Phi) is 3.41. The first-order valence-electron chi connectivity index (χ1n) is 5.60. The van der Waals surface area contributed by atoms with Crippen LogP contribution >= 0.6 is 0 Å². The van der Waals surface area contributed by atoms with Crippen LogP contribution in [0.1, 0.15) is 24.5 Å². The van der Waals surface area contributed by atoms with Gasteiger partial charge in [-0.25, -0.2) is 4.39 Å². The molecule has 1 fully saturated rings. The molecule has 1 N–H and O–H groups in total. The number of halogens is 1. The molecule has 3 nitrogen and oxygen atoms in total. The van der Waals surface area contributed by atoms with Crippen LogP contribution in [0.25, 0.3) is 0 Å². The molecule has 0 aromatic heterocycles. The summed E-state index contributed by atoms with van der Waals surface area (Å²) in [6.45, 7) is 0.917. The van der Waals surface area contributed by atoms with Crippen LogP contribution < -0.4 is 0 Å². The molecule has 4 heteroatoms. The molecule has 0 bridgehead atoms. The maximum absolute atomic E-state index is 13.1. The molecule has 0 spiro atoms. The van der Waals surface area contributed by atoms with Crippen LogP contribution in [-0.4, -0.2) is 18.3 Å². The Balaban J connectivity index is 2.29. The van der Waals surface area contributed by atoms with E-state index in [1.807, 2.05) is 0 Å². The van der Waals surface area contributed by atoms with Crippen molar-refractivity contribution < 1.29 is 14.2 Å². The average molecular weight is 235 g/mol. The number of ether oxygens (including phenoxy) is 1. The van der Waals surface area contributed by atoms with Gasteiger partial charge >= 0.3 is 0 Å². The van der Waals surface area contributed by atoms with Crippen molar-refractivity contribution in [3.63, 3.8) is 0 Å². The number of aliphatic hydroxyl groups excluding tert-OH is 1. The molecule has 2 rings (SSSR count). The molecule has 1 unspecified atom stereocenters. The maximum Gasteiger partial charge on any atom is 0.123 e. The van der Waals surface area contributed by atoms with Crippen molar-refractivity contribution in [1.82, 2.24) is 0 Å². The van der Waals surface area contributed by atoms with Crippen LogP contribution in [0.15, 0.2) is 24.3 Å². The Morgan fingerprint density at radius 2 is 2.12 bits per heavy atom. The standard InChI is InChI=1S/C13H14FNO2/c14-11-3-1-2-10(8-11)12(16)13(9-15)4-6-17-7-5-13/h1-3,8,12,16H,4-7H2. The lowest BCUT2D eigenvalue weighted by Gasteiger charge is -2.35. The summed E-state index contributed by atoms with van der Waals surface area (Å²) in [5.41, 5.74) is -0.403. The number of benzene rings is 1. The number of hydrogen-bond donors (Lipinski definition) is 1. The largest absolute Gasteiger partial charge is 0.387 e. The van der Waals surface area contributed by atoms with Gasteiger partial charge in [-0.1, -0.05) is 12.1 Å². The van der Waals surface area contributed by atoms with Gasteiger partial charge in [0, 0.05) is 13.2 Å². The van der Waals surface area contributed by atoms with E-state index in [4.69, 9.17) is 4.74 Å². The highest BCUT2D eigenvalue weighted by Crippen LogP contribution is 2.41. The highest BCUT2D eigenvalue weighted by molar-refractivity contribution is 5.24. The fourth-order valence-corrected chi connectivity index (χ4v) is 2.18. The van der Waals surface area contributed by atoms with Crippen LogP contribution in [0.4, 0.5) is 4.39 Å². The minimum absolute atomic E-state index is 0.401. The first-order chi connectivity index (χ1) is 8.18. The topological polar surface area (TPSA) is 53.2 Å². The number of rotatable bonds is 2. The predicted octanol–water partition coefficient (Wildman–Crippen LogP) is 2.18. The van der Waals surface area contributed by atoms with Crippen molar-refractivity contribution in [2.45, 2.75) is 18.9 Å². The second kappa shape index (κ2) is 4.82. The molecule has 1 saturated heterocycles. The molecule has 1 aliphatic rings. The molecule has 0 aliphatic carbocycles. The number of aliphatic hydroxyl groups is 1. The first-order valence-corrected chi connectivity index (χ1v) is 5.60. The number of nitrogens with zero attached hydrogens (tertiary/aromatic N) is 1. The summed E-state index contributed by atoms with van der Waals surface area (Å²) in [5.74, 6) is -0.401. The van der Waals surface area contributed by atoms with Gasteiger partial charge in [-0.05, 0) is 30.5 Å². The lowest BCUT2D eigenvalue weighted by atomic mass is 9.74. The second-order valence-corrected chi connectivity index (χ2v) is 4.34. The molecule has 0 radical (unpaired) electrons. The molecule has 1 aliphatic heterocycles. The Labute approximate surface area is 99.4 Å². The van der Waals surface area contributed by atoms with Crippen LogP contribution in [0.3, 0.4) is 0 Å². The van der Waals surface area contributed by atoms with E-state index in [9.17, 15) is 14.8 Å². The van der Waals surface area contributed by atoms with Crippen molar-refractivity contribution in [1.29, 1.82) is 5.26 Å². The summed E-state index contributed by atoms with van der Waals surface area (Å²) in [6.07, 6.45) is -0.0189. The van der Waals surface area contributed by atoms with Crippen LogP contribution in [0.5, 0.6) is 0 Å². The zero-order chi connectivity index (χ0) is 12.3. The van der Waals surface area contributed by atoms with Crippen molar-refractivity contribution in [2.24, 2.45) is 5.41 Å². The van der Waals surface area contributed by atoms with E-state index in [2.05, 4.69) is 6.07 Å². The molecular formula is C13H14FNO2. The van der Waals surface area contributed by atoms with E-state index in [1.54, 1.807) is 6.07 Å². The van der Waals surface area contributed by atoms with Gasteiger partial charge in [-0.15, -0.1) is 0 Å². The molecule has 1 atom stereocenters. The van der Waals surface area contributed by atoms with Gasteiger partial charge < -0.3 is 9.84 Å². The van der Waals surface area contributed by atoms with Crippen molar-refractivity contribution in [3.05, 3.63) is 35.6 Å². The minimum Gasteiger partial charge on any atom is -0.387 e. The van der Waals surface area contributed by atoms with Crippen molar-refractivity contribution >= 4 is 0 Å².